The fourth-order valence-electron chi connectivity index (χ4n) is 4.06. The Labute approximate surface area is 197 Å². The Kier molecular flexibility index (Phi) is 7.27. The minimum atomic E-state index is -0.0652. The first-order valence-corrected chi connectivity index (χ1v) is 12.4. The third kappa shape index (κ3) is 5.19. The Balaban J connectivity index is 1.40. The number of H-pyrrole nitrogens is 1. The van der Waals surface area contributed by atoms with E-state index in [0.29, 0.717) is 35.8 Å². The first-order valence-electron chi connectivity index (χ1n) is 11.4. The van der Waals surface area contributed by atoms with Crippen molar-refractivity contribution < 1.29 is 9.53 Å². The molecule has 1 N–H and O–H groups in total. The zero-order chi connectivity index (χ0) is 23.4. The number of aryl methyl sites for hydroxylation is 1. The number of amides is 1. The Bertz CT molecular complexity index is 1160. The number of piperazine rings is 1. The maximum absolute atomic E-state index is 13.0. The van der Waals surface area contributed by atoms with Crippen LogP contribution >= 0.6 is 11.8 Å². The fraction of sp³-hybridized carbons (Fsp3) is 0.458. The summed E-state index contributed by atoms with van der Waals surface area (Å²) in [7, 11) is 1.66. The molecule has 0 spiro atoms. The summed E-state index contributed by atoms with van der Waals surface area (Å²) < 4.78 is 6.94. The number of nitrogens with zero attached hydrogens (tertiary/aromatic N) is 4. The van der Waals surface area contributed by atoms with Crippen molar-refractivity contribution in [1.82, 2.24) is 19.4 Å². The molecule has 0 radical (unpaired) electrons. The first-order chi connectivity index (χ1) is 16.0. The molecule has 176 valence electrons. The SMILES string of the molecule is CCCCn1c(SCC(=O)N2CCN(c3ccc(OC)cc3)CC2)nc2cc(C)[nH]c2c1=O. The highest BCUT2D eigenvalue weighted by Crippen LogP contribution is 2.22. The molecule has 0 bridgehead atoms. The van der Waals surface area contributed by atoms with E-state index in [-0.39, 0.29) is 17.2 Å². The summed E-state index contributed by atoms with van der Waals surface area (Å²) in [6.07, 6.45) is 1.87. The zero-order valence-electron chi connectivity index (χ0n) is 19.5. The lowest BCUT2D eigenvalue weighted by Crippen LogP contribution is -2.49. The molecule has 1 aliphatic rings. The Hall–Kier alpha value is -2.94. The van der Waals surface area contributed by atoms with Gasteiger partial charge in [-0.15, -0.1) is 0 Å². The van der Waals surface area contributed by atoms with Crippen molar-refractivity contribution in [2.45, 2.75) is 38.4 Å². The van der Waals surface area contributed by atoms with E-state index in [2.05, 4.69) is 16.8 Å². The molecule has 4 rings (SSSR count). The van der Waals surface area contributed by atoms with Gasteiger partial charge in [0.05, 0.1) is 18.4 Å². The molecule has 0 aliphatic carbocycles. The summed E-state index contributed by atoms with van der Waals surface area (Å²) in [5.41, 5.74) is 3.17. The first kappa shape index (κ1) is 23.2. The number of ether oxygens (including phenoxy) is 1. The van der Waals surface area contributed by atoms with Gasteiger partial charge in [-0.25, -0.2) is 4.98 Å². The van der Waals surface area contributed by atoms with Crippen molar-refractivity contribution in [3.63, 3.8) is 0 Å². The van der Waals surface area contributed by atoms with Crippen LogP contribution in [-0.4, -0.2) is 64.4 Å². The lowest BCUT2D eigenvalue weighted by Gasteiger charge is -2.36. The van der Waals surface area contributed by atoms with E-state index in [1.807, 2.05) is 42.2 Å². The number of thioether (sulfide) groups is 1. The highest BCUT2D eigenvalue weighted by Gasteiger charge is 2.22. The van der Waals surface area contributed by atoms with E-state index in [1.54, 1.807) is 11.7 Å². The number of nitrogens with one attached hydrogen (secondary N) is 1. The van der Waals surface area contributed by atoms with E-state index >= 15 is 0 Å². The van der Waals surface area contributed by atoms with Crippen LogP contribution in [0.5, 0.6) is 5.75 Å². The molecule has 3 aromatic rings. The summed E-state index contributed by atoms with van der Waals surface area (Å²) >= 11 is 1.36. The largest absolute Gasteiger partial charge is 0.497 e. The van der Waals surface area contributed by atoms with Crippen molar-refractivity contribution in [1.29, 1.82) is 0 Å². The second-order valence-corrected chi connectivity index (χ2v) is 9.21. The van der Waals surface area contributed by atoms with Crippen molar-refractivity contribution in [3.05, 3.63) is 46.4 Å². The number of hydrogen-bond acceptors (Lipinski definition) is 6. The van der Waals surface area contributed by atoms with Gasteiger partial charge in [-0.2, -0.15) is 0 Å². The average molecular weight is 470 g/mol. The van der Waals surface area contributed by atoms with Gasteiger partial charge in [0, 0.05) is 44.1 Å². The minimum Gasteiger partial charge on any atom is -0.497 e. The molecule has 1 fully saturated rings. The van der Waals surface area contributed by atoms with Gasteiger partial charge in [0.25, 0.3) is 5.56 Å². The van der Waals surface area contributed by atoms with Gasteiger partial charge in [0.2, 0.25) is 5.91 Å². The zero-order valence-corrected chi connectivity index (χ0v) is 20.3. The monoisotopic (exact) mass is 469 g/mol. The molecular formula is C24H31N5O3S. The van der Waals surface area contributed by atoms with E-state index in [1.165, 1.54) is 11.8 Å². The number of rotatable bonds is 8. The smallest absolute Gasteiger partial charge is 0.278 e. The Morgan fingerprint density at radius 2 is 1.91 bits per heavy atom. The molecule has 0 atom stereocenters. The molecule has 1 aliphatic heterocycles. The lowest BCUT2D eigenvalue weighted by atomic mass is 10.2. The summed E-state index contributed by atoms with van der Waals surface area (Å²) in [6, 6.07) is 9.89. The van der Waals surface area contributed by atoms with Gasteiger partial charge in [0.1, 0.15) is 11.3 Å². The van der Waals surface area contributed by atoms with Gasteiger partial charge in [-0.3, -0.25) is 14.2 Å². The fourth-order valence-corrected chi connectivity index (χ4v) is 4.99. The van der Waals surface area contributed by atoms with E-state index < -0.39 is 0 Å². The number of aromatic nitrogens is 3. The number of fused-ring (bicyclic) bond motifs is 1. The predicted molar refractivity (Wildman–Crippen MR) is 133 cm³/mol. The summed E-state index contributed by atoms with van der Waals surface area (Å²) in [5.74, 6) is 1.19. The topological polar surface area (TPSA) is 83.5 Å². The maximum atomic E-state index is 13.0. The standard InChI is InChI=1S/C24H31N5O3S/c1-4-5-10-29-23(31)22-20(15-17(2)25-22)26-24(29)33-16-21(30)28-13-11-27(12-14-28)18-6-8-19(32-3)9-7-18/h6-9,15,25H,4-5,10-14,16H2,1-3H3. The van der Waals surface area contributed by atoms with Crippen LogP contribution in [0, 0.1) is 6.92 Å². The summed E-state index contributed by atoms with van der Waals surface area (Å²) in [4.78, 5) is 37.9. The minimum absolute atomic E-state index is 0.0652. The van der Waals surface area contributed by atoms with Crippen LogP contribution in [0.15, 0.2) is 40.3 Å². The third-order valence-corrected chi connectivity index (χ3v) is 6.93. The van der Waals surface area contributed by atoms with E-state index in [0.717, 1.165) is 43.1 Å². The van der Waals surface area contributed by atoms with Crippen LogP contribution in [0.4, 0.5) is 5.69 Å². The number of methoxy groups -OCH3 is 1. The van der Waals surface area contributed by atoms with Gasteiger partial charge in [-0.1, -0.05) is 25.1 Å². The second-order valence-electron chi connectivity index (χ2n) is 8.27. The number of hydrogen-bond donors (Lipinski definition) is 1. The molecule has 1 saturated heterocycles. The normalized spacial score (nSPS) is 14.2. The van der Waals surface area contributed by atoms with Crippen molar-refractivity contribution in [3.8, 4) is 5.75 Å². The van der Waals surface area contributed by atoms with Gasteiger partial charge in [-0.05, 0) is 43.7 Å². The van der Waals surface area contributed by atoms with Crippen LogP contribution in [-0.2, 0) is 11.3 Å². The molecule has 3 heterocycles. The predicted octanol–water partition coefficient (Wildman–Crippen LogP) is 3.28. The molecule has 8 nitrogen and oxygen atoms in total. The lowest BCUT2D eigenvalue weighted by molar-refractivity contribution is -0.128. The second kappa shape index (κ2) is 10.3. The van der Waals surface area contributed by atoms with Crippen molar-refractivity contribution >= 4 is 34.4 Å². The summed E-state index contributed by atoms with van der Waals surface area (Å²) in [5, 5.41) is 0.616. The number of carbonyl (C=O) groups excluding carboxylic acids is 1. The molecule has 1 amide bonds. The number of unbranched alkanes of at least 4 members (excludes halogenated alkanes) is 1. The molecule has 33 heavy (non-hydrogen) atoms. The highest BCUT2D eigenvalue weighted by atomic mass is 32.2. The van der Waals surface area contributed by atoms with Crippen LogP contribution in [0.3, 0.4) is 0 Å². The van der Waals surface area contributed by atoms with Crippen molar-refractivity contribution in [2.75, 3.05) is 43.9 Å². The van der Waals surface area contributed by atoms with Crippen molar-refractivity contribution in [2.24, 2.45) is 0 Å². The molecular weight excluding hydrogens is 438 g/mol. The summed E-state index contributed by atoms with van der Waals surface area (Å²) in [6.45, 7) is 7.55. The molecule has 1 aromatic carbocycles. The van der Waals surface area contributed by atoms with Crippen LogP contribution in [0.1, 0.15) is 25.5 Å². The molecule has 0 unspecified atom stereocenters. The quantitative estimate of drug-likeness (QED) is 0.403. The number of anilines is 1. The molecule has 0 saturated carbocycles. The van der Waals surface area contributed by atoms with Gasteiger partial charge in [0.15, 0.2) is 5.16 Å². The Morgan fingerprint density at radius 3 is 2.58 bits per heavy atom. The van der Waals surface area contributed by atoms with E-state index in [4.69, 9.17) is 9.72 Å². The van der Waals surface area contributed by atoms with Gasteiger partial charge >= 0.3 is 0 Å². The molecule has 2 aromatic heterocycles. The van der Waals surface area contributed by atoms with Crippen LogP contribution < -0.4 is 15.2 Å². The third-order valence-electron chi connectivity index (χ3n) is 5.97. The van der Waals surface area contributed by atoms with Gasteiger partial charge < -0.3 is 19.5 Å². The maximum Gasteiger partial charge on any atom is 0.278 e. The number of benzene rings is 1. The number of aromatic amines is 1. The number of carbonyl (C=O) groups is 1. The Morgan fingerprint density at radius 1 is 1.18 bits per heavy atom. The van der Waals surface area contributed by atoms with Crippen LogP contribution in [0.25, 0.3) is 11.0 Å². The van der Waals surface area contributed by atoms with E-state index in [9.17, 15) is 9.59 Å². The highest BCUT2D eigenvalue weighted by molar-refractivity contribution is 7.99. The average Bonchev–Trinajstić information content (AvgIpc) is 3.22. The molecule has 9 heteroatoms. The van der Waals surface area contributed by atoms with Crippen LogP contribution in [0.2, 0.25) is 0 Å².